The van der Waals surface area contributed by atoms with Gasteiger partial charge in [0.25, 0.3) is 5.91 Å². The number of nitrogens with zero attached hydrogens (tertiary/aromatic N) is 4. The van der Waals surface area contributed by atoms with Crippen molar-refractivity contribution in [3.05, 3.63) is 59.6 Å². The van der Waals surface area contributed by atoms with Crippen LogP contribution in [0.3, 0.4) is 0 Å². The van der Waals surface area contributed by atoms with E-state index in [1.807, 2.05) is 0 Å². The fourth-order valence-corrected chi connectivity index (χ4v) is 4.96. The molecule has 4 aromatic rings. The number of carbonyl (C=O) groups excluding carboxylic acids is 1. The van der Waals surface area contributed by atoms with Crippen LogP contribution in [0.1, 0.15) is 34.8 Å². The van der Waals surface area contributed by atoms with E-state index in [0.29, 0.717) is 23.9 Å². The molecule has 0 bridgehead atoms. The molecule has 0 radical (unpaired) electrons. The van der Waals surface area contributed by atoms with Crippen LogP contribution in [0.2, 0.25) is 0 Å². The van der Waals surface area contributed by atoms with Crippen molar-refractivity contribution in [2.75, 3.05) is 12.3 Å². The highest BCUT2D eigenvalue weighted by Gasteiger charge is 2.46. The number of amides is 1. The first-order valence-corrected chi connectivity index (χ1v) is 10.9. The molecule has 2 N–H and O–H groups in total. The van der Waals surface area contributed by atoms with Crippen molar-refractivity contribution in [1.82, 2.24) is 19.3 Å². The lowest BCUT2D eigenvalue weighted by molar-refractivity contribution is -0.275. The number of anilines is 1. The summed E-state index contributed by atoms with van der Waals surface area (Å²) in [6.07, 6.45) is -1.96. The molecular weight excluding hydrogens is 489 g/mol. The molecule has 8 nitrogen and oxygen atoms in total. The Balaban J connectivity index is 1.41. The number of imidazole rings is 1. The van der Waals surface area contributed by atoms with Crippen molar-refractivity contribution < 1.29 is 36.2 Å². The first-order chi connectivity index (χ1) is 17.1. The molecule has 1 amide bonds. The van der Waals surface area contributed by atoms with Gasteiger partial charge in [0.2, 0.25) is 5.82 Å². The monoisotopic (exact) mass is 505 g/mol. The first-order valence-electron chi connectivity index (χ1n) is 10.9. The number of ether oxygens (including phenoxy) is 2. The maximum Gasteiger partial charge on any atom is 0.573 e. The summed E-state index contributed by atoms with van der Waals surface area (Å²) >= 11 is 0. The van der Waals surface area contributed by atoms with Gasteiger partial charge in [-0.2, -0.15) is 4.39 Å². The number of benzene rings is 2. The average molecular weight is 505 g/mol. The van der Waals surface area contributed by atoms with Gasteiger partial charge in [-0.15, -0.1) is 13.2 Å². The van der Waals surface area contributed by atoms with Crippen LogP contribution in [-0.2, 0) is 0 Å². The molecule has 2 atom stereocenters. The Morgan fingerprint density at radius 1 is 1.19 bits per heavy atom. The second kappa shape index (κ2) is 7.67. The number of rotatable bonds is 2. The molecule has 0 saturated carbocycles. The van der Waals surface area contributed by atoms with Crippen molar-refractivity contribution in [2.24, 2.45) is 0 Å². The minimum absolute atomic E-state index is 0.146. The van der Waals surface area contributed by atoms with E-state index in [4.69, 9.17) is 10.5 Å². The zero-order valence-electron chi connectivity index (χ0n) is 18.2. The number of piperidine rings is 1. The van der Waals surface area contributed by atoms with Gasteiger partial charge in [0.15, 0.2) is 11.5 Å². The van der Waals surface area contributed by atoms with E-state index < -0.39 is 47.5 Å². The predicted molar refractivity (Wildman–Crippen MR) is 115 cm³/mol. The lowest BCUT2D eigenvalue weighted by Gasteiger charge is -2.36. The van der Waals surface area contributed by atoms with E-state index in [-0.39, 0.29) is 29.0 Å². The smallest absolute Gasteiger partial charge is 0.484 e. The Hall–Kier alpha value is -4.16. The maximum atomic E-state index is 15.1. The molecule has 2 aliphatic rings. The lowest BCUT2D eigenvalue weighted by Crippen LogP contribution is -2.44. The van der Waals surface area contributed by atoms with Crippen LogP contribution in [-0.4, -0.2) is 44.2 Å². The van der Waals surface area contributed by atoms with Crippen molar-refractivity contribution in [2.45, 2.75) is 31.3 Å². The van der Waals surface area contributed by atoms with Gasteiger partial charge < -0.3 is 20.1 Å². The van der Waals surface area contributed by atoms with Crippen LogP contribution < -0.4 is 15.2 Å². The standard InChI is InChI=1S/C23H16F5N5O3/c24-12-7-13-14(33-9-30-8-15(33)21(29)31-13)6-11(12)22(34)32-5-1-2-17-19(32)10-3-4-16(36-23(26,27)28)18(25)20(10)35-17/h3-4,6-9,17,19H,1-2,5H2,(H2,29,31)/t17-,19-/m0/s1. The van der Waals surface area contributed by atoms with Gasteiger partial charge in [-0.3, -0.25) is 9.20 Å². The Kier molecular flexibility index (Phi) is 4.75. The molecule has 1 saturated heterocycles. The highest BCUT2D eigenvalue weighted by Crippen LogP contribution is 2.48. The maximum absolute atomic E-state index is 15.1. The number of hydrogen-bond donors (Lipinski definition) is 1. The number of carbonyl (C=O) groups is 1. The van der Waals surface area contributed by atoms with Crippen LogP contribution in [0.25, 0.3) is 16.6 Å². The molecule has 186 valence electrons. The van der Waals surface area contributed by atoms with Crippen LogP contribution in [0.4, 0.5) is 27.8 Å². The van der Waals surface area contributed by atoms with Crippen molar-refractivity contribution in [3.8, 4) is 11.5 Å². The highest BCUT2D eigenvalue weighted by atomic mass is 19.4. The second-order valence-electron chi connectivity index (χ2n) is 8.55. The number of fused-ring (bicyclic) bond motifs is 6. The summed E-state index contributed by atoms with van der Waals surface area (Å²) in [5, 5.41) is 0. The summed E-state index contributed by atoms with van der Waals surface area (Å²) in [6, 6.07) is 3.69. The number of nitrogen functional groups attached to an aromatic ring is 1. The molecular formula is C23H16F5N5O3. The molecule has 6 rings (SSSR count). The molecule has 1 fully saturated rings. The topological polar surface area (TPSA) is 95.0 Å². The molecule has 2 aromatic heterocycles. The largest absolute Gasteiger partial charge is 0.573 e. The number of likely N-dealkylation sites (tertiary alicyclic amines) is 1. The van der Waals surface area contributed by atoms with Gasteiger partial charge >= 0.3 is 6.36 Å². The molecule has 2 aromatic carbocycles. The van der Waals surface area contributed by atoms with E-state index in [1.165, 1.54) is 29.6 Å². The van der Waals surface area contributed by atoms with Crippen molar-refractivity contribution >= 4 is 28.3 Å². The summed E-state index contributed by atoms with van der Waals surface area (Å²) in [4.78, 5) is 23.1. The SMILES string of the molecule is Nc1nc2cc(F)c(C(=O)N3CCC[C@@H]4Oc5c(ccc(OC(F)(F)F)c5F)[C@@H]43)cc2n2cncc12. The second-order valence-corrected chi connectivity index (χ2v) is 8.55. The normalized spacial score (nSPS) is 19.3. The quantitative estimate of drug-likeness (QED) is 0.407. The molecule has 36 heavy (non-hydrogen) atoms. The molecule has 0 aliphatic carbocycles. The number of alkyl halides is 3. The number of halogens is 5. The van der Waals surface area contributed by atoms with Crippen LogP contribution in [0, 0.1) is 11.6 Å². The van der Waals surface area contributed by atoms with E-state index in [9.17, 15) is 22.4 Å². The van der Waals surface area contributed by atoms with Gasteiger partial charge in [0.1, 0.15) is 23.3 Å². The highest BCUT2D eigenvalue weighted by molar-refractivity contribution is 5.99. The van der Waals surface area contributed by atoms with Gasteiger partial charge in [-0.05, 0) is 31.0 Å². The molecule has 13 heteroatoms. The summed E-state index contributed by atoms with van der Waals surface area (Å²) in [7, 11) is 0. The van der Waals surface area contributed by atoms with E-state index in [2.05, 4.69) is 14.7 Å². The Bertz CT molecular complexity index is 1550. The third-order valence-electron chi connectivity index (χ3n) is 6.44. The fourth-order valence-electron chi connectivity index (χ4n) is 4.96. The molecule has 4 heterocycles. The van der Waals surface area contributed by atoms with Crippen LogP contribution in [0.5, 0.6) is 11.5 Å². The summed E-state index contributed by atoms with van der Waals surface area (Å²) in [6.45, 7) is 0.211. The fraction of sp³-hybridized carbons (Fsp3) is 0.261. The van der Waals surface area contributed by atoms with Gasteiger partial charge in [0, 0.05) is 18.2 Å². The number of nitrogens with two attached hydrogens (primary N) is 1. The van der Waals surface area contributed by atoms with Crippen LogP contribution >= 0.6 is 0 Å². The van der Waals surface area contributed by atoms with E-state index in [0.717, 1.165) is 12.1 Å². The number of aromatic nitrogens is 3. The summed E-state index contributed by atoms with van der Waals surface area (Å²) < 4.78 is 78.8. The van der Waals surface area contributed by atoms with Crippen molar-refractivity contribution in [1.29, 1.82) is 0 Å². The summed E-state index contributed by atoms with van der Waals surface area (Å²) in [5.41, 5.74) is 6.94. The Morgan fingerprint density at radius 3 is 2.78 bits per heavy atom. The van der Waals surface area contributed by atoms with E-state index >= 15 is 4.39 Å². The number of hydrogen-bond acceptors (Lipinski definition) is 6. The zero-order valence-corrected chi connectivity index (χ0v) is 18.2. The van der Waals surface area contributed by atoms with Gasteiger partial charge in [-0.25, -0.2) is 14.4 Å². The molecule has 2 aliphatic heterocycles. The molecule has 0 spiro atoms. The Labute approximate surface area is 199 Å². The predicted octanol–water partition coefficient (Wildman–Crippen LogP) is 4.38. The van der Waals surface area contributed by atoms with Crippen molar-refractivity contribution in [3.63, 3.8) is 0 Å². The third-order valence-corrected chi connectivity index (χ3v) is 6.44. The third kappa shape index (κ3) is 3.37. The first kappa shape index (κ1) is 22.3. The molecule has 0 unspecified atom stereocenters. The van der Waals surface area contributed by atoms with Crippen LogP contribution in [0.15, 0.2) is 36.8 Å². The zero-order chi connectivity index (χ0) is 25.4. The average Bonchev–Trinajstić information content (AvgIpc) is 3.45. The Morgan fingerprint density at radius 2 is 2.00 bits per heavy atom. The minimum atomic E-state index is -5.09. The minimum Gasteiger partial charge on any atom is -0.484 e. The summed E-state index contributed by atoms with van der Waals surface area (Å²) in [5.74, 6) is -4.12. The lowest BCUT2D eigenvalue weighted by atomic mass is 9.93. The van der Waals surface area contributed by atoms with Gasteiger partial charge in [-0.1, -0.05) is 0 Å². The van der Waals surface area contributed by atoms with E-state index in [1.54, 1.807) is 4.40 Å². The van der Waals surface area contributed by atoms with Gasteiger partial charge in [0.05, 0.1) is 35.2 Å².